The molecule has 1 heterocycles. The first kappa shape index (κ1) is 13.9. The minimum Gasteiger partial charge on any atom is -0.298 e. The van der Waals surface area contributed by atoms with Crippen molar-refractivity contribution < 1.29 is 0 Å². The molecular weight excluding hydrogens is 198 g/mol. The molecule has 96 valence electrons. The second kappa shape index (κ2) is 6.58. The van der Waals surface area contributed by atoms with E-state index < -0.39 is 0 Å². The van der Waals surface area contributed by atoms with E-state index in [4.69, 9.17) is 0 Å². The predicted molar refractivity (Wildman–Crippen MR) is 70.7 cm³/mol. The molecule has 0 aliphatic carbocycles. The number of nitrogens with zero attached hydrogens (tertiary/aromatic N) is 3. The van der Waals surface area contributed by atoms with Crippen molar-refractivity contribution in [1.82, 2.24) is 14.7 Å². The summed E-state index contributed by atoms with van der Waals surface area (Å²) in [6.45, 7) is 18.6. The van der Waals surface area contributed by atoms with Crippen LogP contribution in [0.15, 0.2) is 0 Å². The van der Waals surface area contributed by atoms with Gasteiger partial charge >= 0.3 is 0 Å². The van der Waals surface area contributed by atoms with Crippen LogP contribution < -0.4 is 0 Å². The van der Waals surface area contributed by atoms with E-state index in [1.165, 1.54) is 26.2 Å². The normalized spacial score (nSPS) is 20.2. The van der Waals surface area contributed by atoms with Crippen LogP contribution in [0, 0.1) is 0 Å². The Balaban J connectivity index is 2.31. The van der Waals surface area contributed by atoms with Gasteiger partial charge in [-0.25, -0.2) is 0 Å². The van der Waals surface area contributed by atoms with Gasteiger partial charge in [0.05, 0.1) is 6.67 Å². The van der Waals surface area contributed by atoms with Crippen LogP contribution in [0.3, 0.4) is 0 Å². The third-order valence-corrected chi connectivity index (χ3v) is 3.66. The summed E-state index contributed by atoms with van der Waals surface area (Å²) in [5.41, 5.74) is 0. The molecule has 0 bridgehead atoms. The smallest absolute Gasteiger partial charge is 0.0509 e. The molecule has 1 rings (SSSR count). The molecule has 0 atom stereocenters. The van der Waals surface area contributed by atoms with Crippen molar-refractivity contribution in [1.29, 1.82) is 0 Å². The van der Waals surface area contributed by atoms with Gasteiger partial charge in [-0.2, -0.15) is 0 Å². The zero-order chi connectivity index (χ0) is 12.1. The lowest BCUT2D eigenvalue weighted by atomic mass is 10.2. The number of piperazine rings is 1. The monoisotopic (exact) mass is 227 g/mol. The zero-order valence-electron chi connectivity index (χ0n) is 11.7. The highest BCUT2D eigenvalue weighted by atomic mass is 15.4. The van der Waals surface area contributed by atoms with E-state index in [2.05, 4.69) is 49.3 Å². The highest BCUT2D eigenvalue weighted by molar-refractivity contribution is 4.74. The van der Waals surface area contributed by atoms with E-state index in [0.717, 1.165) is 13.2 Å². The van der Waals surface area contributed by atoms with Crippen LogP contribution in [-0.2, 0) is 0 Å². The highest BCUT2D eigenvalue weighted by Crippen LogP contribution is 2.07. The quantitative estimate of drug-likeness (QED) is 0.708. The summed E-state index contributed by atoms with van der Waals surface area (Å²) in [6, 6.07) is 1.36. The Morgan fingerprint density at radius 1 is 1.00 bits per heavy atom. The van der Waals surface area contributed by atoms with E-state index in [-0.39, 0.29) is 0 Å². The van der Waals surface area contributed by atoms with E-state index in [0.29, 0.717) is 12.1 Å². The van der Waals surface area contributed by atoms with Crippen LogP contribution in [0.2, 0.25) is 0 Å². The molecule has 0 unspecified atom stereocenters. The van der Waals surface area contributed by atoms with Crippen molar-refractivity contribution in [2.45, 2.75) is 46.7 Å². The van der Waals surface area contributed by atoms with Gasteiger partial charge in [-0.15, -0.1) is 0 Å². The summed E-state index contributed by atoms with van der Waals surface area (Å²) in [6.07, 6.45) is 0. The zero-order valence-corrected chi connectivity index (χ0v) is 11.7. The lowest BCUT2D eigenvalue weighted by Gasteiger charge is -2.39. The van der Waals surface area contributed by atoms with Crippen LogP contribution in [0.4, 0.5) is 0 Å². The average molecular weight is 227 g/mol. The third-order valence-electron chi connectivity index (χ3n) is 3.66. The van der Waals surface area contributed by atoms with Gasteiger partial charge in [0.15, 0.2) is 0 Å². The number of rotatable bonds is 5. The lowest BCUT2D eigenvalue weighted by Crippen LogP contribution is -2.52. The number of hydrogen-bond donors (Lipinski definition) is 0. The molecule has 0 saturated carbocycles. The standard InChI is InChI=1S/C13H29N3/c1-6-15(12(2)3)11-14-7-9-16(10-8-14)13(4)5/h12-13H,6-11H2,1-5H3. The van der Waals surface area contributed by atoms with Gasteiger partial charge in [-0.3, -0.25) is 14.7 Å². The summed E-state index contributed by atoms with van der Waals surface area (Å²) in [7, 11) is 0. The highest BCUT2D eigenvalue weighted by Gasteiger charge is 2.20. The molecule has 1 saturated heterocycles. The molecule has 1 aliphatic heterocycles. The van der Waals surface area contributed by atoms with E-state index in [1.54, 1.807) is 0 Å². The van der Waals surface area contributed by atoms with Gasteiger partial charge in [0.1, 0.15) is 0 Å². The number of hydrogen-bond acceptors (Lipinski definition) is 3. The van der Waals surface area contributed by atoms with Crippen molar-refractivity contribution in [2.24, 2.45) is 0 Å². The molecule has 1 aliphatic rings. The molecule has 0 aromatic carbocycles. The Kier molecular flexibility index (Phi) is 5.73. The minimum atomic E-state index is 0.660. The van der Waals surface area contributed by atoms with Crippen molar-refractivity contribution in [3.63, 3.8) is 0 Å². The Hall–Kier alpha value is -0.120. The van der Waals surface area contributed by atoms with Crippen LogP contribution >= 0.6 is 0 Å². The molecule has 0 spiro atoms. The first-order valence-corrected chi connectivity index (χ1v) is 6.75. The van der Waals surface area contributed by atoms with Crippen molar-refractivity contribution in [3.05, 3.63) is 0 Å². The Morgan fingerprint density at radius 3 is 1.94 bits per heavy atom. The lowest BCUT2D eigenvalue weighted by molar-refractivity contribution is 0.0516. The van der Waals surface area contributed by atoms with Gasteiger partial charge in [0.2, 0.25) is 0 Å². The topological polar surface area (TPSA) is 9.72 Å². The van der Waals surface area contributed by atoms with Gasteiger partial charge in [0, 0.05) is 38.3 Å². The Morgan fingerprint density at radius 2 is 1.56 bits per heavy atom. The largest absolute Gasteiger partial charge is 0.298 e. The second-order valence-corrected chi connectivity index (χ2v) is 5.39. The second-order valence-electron chi connectivity index (χ2n) is 5.39. The maximum atomic E-state index is 2.59. The molecule has 3 heteroatoms. The van der Waals surface area contributed by atoms with E-state index >= 15 is 0 Å². The van der Waals surface area contributed by atoms with Gasteiger partial charge in [-0.1, -0.05) is 6.92 Å². The fraction of sp³-hybridized carbons (Fsp3) is 1.00. The van der Waals surface area contributed by atoms with E-state index in [1.807, 2.05) is 0 Å². The van der Waals surface area contributed by atoms with Crippen LogP contribution in [0.1, 0.15) is 34.6 Å². The third kappa shape index (κ3) is 4.04. The first-order valence-electron chi connectivity index (χ1n) is 6.75. The first-order chi connectivity index (χ1) is 7.54. The van der Waals surface area contributed by atoms with Crippen LogP contribution in [0.5, 0.6) is 0 Å². The minimum absolute atomic E-state index is 0.660. The maximum absolute atomic E-state index is 2.59. The van der Waals surface area contributed by atoms with Crippen molar-refractivity contribution in [2.75, 3.05) is 39.4 Å². The van der Waals surface area contributed by atoms with Crippen LogP contribution in [-0.4, -0.2) is 66.2 Å². The fourth-order valence-corrected chi connectivity index (χ4v) is 2.31. The molecule has 0 aromatic rings. The van der Waals surface area contributed by atoms with Crippen molar-refractivity contribution >= 4 is 0 Å². The molecule has 0 N–H and O–H groups in total. The summed E-state index contributed by atoms with van der Waals surface area (Å²) in [4.78, 5) is 7.69. The Bertz CT molecular complexity index is 184. The average Bonchev–Trinajstić information content (AvgIpc) is 2.26. The summed E-state index contributed by atoms with van der Waals surface area (Å²) in [5, 5.41) is 0. The molecular formula is C13H29N3. The predicted octanol–water partition coefficient (Wildman–Crippen LogP) is 1.70. The van der Waals surface area contributed by atoms with Gasteiger partial charge in [0.25, 0.3) is 0 Å². The Labute approximate surface area is 101 Å². The summed E-state index contributed by atoms with van der Waals surface area (Å²) < 4.78 is 0. The van der Waals surface area contributed by atoms with Crippen LogP contribution in [0.25, 0.3) is 0 Å². The molecule has 1 fully saturated rings. The molecule has 16 heavy (non-hydrogen) atoms. The maximum Gasteiger partial charge on any atom is 0.0509 e. The molecule has 3 nitrogen and oxygen atoms in total. The summed E-state index contributed by atoms with van der Waals surface area (Å²) in [5.74, 6) is 0. The van der Waals surface area contributed by atoms with Gasteiger partial charge < -0.3 is 0 Å². The summed E-state index contributed by atoms with van der Waals surface area (Å²) >= 11 is 0. The molecule has 0 aromatic heterocycles. The molecule has 0 radical (unpaired) electrons. The fourth-order valence-electron chi connectivity index (χ4n) is 2.31. The SMILES string of the molecule is CCN(CN1CCN(C(C)C)CC1)C(C)C. The van der Waals surface area contributed by atoms with Gasteiger partial charge in [-0.05, 0) is 34.2 Å². The van der Waals surface area contributed by atoms with Crippen molar-refractivity contribution in [3.8, 4) is 0 Å². The molecule has 0 amide bonds. The van der Waals surface area contributed by atoms with E-state index in [9.17, 15) is 0 Å².